The van der Waals surface area contributed by atoms with E-state index in [9.17, 15) is 13.6 Å². The Balaban J connectivity index is 1.58. The summed E-state index contributed by atoms with van der Waals surface area (Å²) >= 11 is 5.79. The van der Waals surface area contributed by atoms with Crippen molar-refractivity contribution >= 4 is 23.3 Å². The van der Waals surface area contributed by atoms with Crippen LogP contribution in [0.1, 0.15) is 12.6 Å². The molecule has 1 aliphatic rings. The lowest BCUT2D eigenvalue weighted by Crippen LogP contribution is -2.46. The molecule has 144 valence electrons. The second-order valence-corrected chi connectivity index (χ2v) is 7.14. The molecule has 0 saturated carbocycles. The quantitative estimate of drug-likeness (QED) is 0.661. The van der Waals surface area contributed by atoms with E-state index in [4.69, 9.17) is 11.6 Å². The number of anilines is 1. The van der Waals surface area contributed by atoms with Gasteiger partial charge in [0.15, 0.2) is 0 Å². The molecule has 1 aliphatic heterocycles. The van der Waals surface area contributed by atoms with Crippen LogP contribution in [-0.4, -0.2) is 26.8 Å². The van der Waals surface area contributed by atoms with Gasteiger partial charge in [0.2, 0.25) is 0 Å². The van der Waals surface area contributed by atoms with Crippen LogP contribution in [0.5, 0.6) is 0 Å². The third-order valence-corrected chi connectivity index (χ3v) is 5.11. The van der Waals surface area contributed by atoms with Crippen molar-refractivity contribution in [3.63, 3.8) is 0 Å². The lowest BCUT2D eigenvalue weighted by atomic mass is 10.0. The molecule has 3 aromatic rings. The average Bonchev–Trinajstić information content (AvgIpc) is 3.07. The van der Waals surface area contributed by atoms with E-state index in [2.05, 4.69) is 10.4 Å². The maximum absolute atomic E-state index is 13.3. The maximum Gasteiger partial charge on any atom is 0.322 e. The van der Waals surface area contributed by atoms with Crippen LogP contribution in [0.4, 0.5) is 19.3 Å². The summed E-state index contributed by atoms with van der Waals surface area (Å²) in [7, 11) is 0. The van der Waals surface area contributed by atoms with E-state index >= 15 is 0 Å². The van der Waals surface area contributed by atoms with Gasteiger partial charge < -0.3 is 10.2 Å². The number of fused-ring (bicyclic) bond motifs is 1. The highest BCUT2D eigenvalue weighted by molar-refractivity contribution is 6.31. The molecule has 0 aliphatic carbocycles. The molecule has 5 nitrogen and oxygen atoms in total. The summed E-state index contributed by atoms with van der Waals surface area (Å²) in [5.41, 5.74) is 2.98. The van der Waals surface area contributed by atoms with Gasteiger partial charge in [0.1, 0.15) is 11.6 Å². The van der Waals surface area contributed by atoms with Crippen molar-refractivity contribution in [1.29, 1.82) is 0 Å². The Morgan fingerprint density at radius 3 is 2.68 bits per heavy atom. The normalized spacial score (nSPS) is 16.0. The van der Waals surface area contributed by atoms with Gasteiger partial charge in [-0.1, -0.05) is 23.7 Å². The number of urea groups is 1. The maximum atomic E-state index is 13.3. The summed E-state index contributed by atoms with van der Waals surface area (Å²) in [5, 5.41) is 7.11. The number of amides is 2. The molecule has 1 N–H and O–H groups in total. The minimum absolute atomic E-state index is 0.0545. The predicted molar refractivity (Wildman–Crippen MR) is 103 cm³/mol. The van der Waals surface area contributed by atoms with E-state index in [0.29, 0.717) is 18.8 Å². The SMILES string of the molecule is CC1Cn2ncc(-c3ccc(F)cc3)c2CN1C(=O)Nc1ccc(F)c(Cl)c1. The first kappa shape index (κ1) is 18.4. The van der Waals surface area contributed by atoms with E-state index in [1.165, 1.54) is 30.3 Å². The Hall–Kier alpha value is -2.93. The number of hydrogen-bond acceptors (Lipinski definition) is 2. The monoisotopic (exact) mass is 402 g/mol. The van der Waals surface area contributed by atoms with Gasteiger partial charge in [0, 0.05) is 11.3 Å². The smallest absolute Gasteiger partial charge is 0.314 e. The zero-order valence-electron chi connectivity index (χ0n) is 15.0. The summed E-state index contributed by atoms with van der Waals surface area (Å²) in [5.74, 6) is -0.851. The molecule has 0 spiro atoms. The highest BCUT2D eigenvalue weighted by Crippen LogP contribution is 2.29. The molecular formula is C20H17ClF2N4O. The second-order valence-electron chi connectivity index (χ2n) is 6.73. The van der Waals surface area contributed by atoms with Crippen LogP contribution in [0.3, 0.4) is 0 Å². The molecule has 0 saturated heterocycles. The van der Waals surface area contributed by atoms with Crippen LogP contribution < -0.4 is 5.32 Å². The van der Waals surface area contributed by atoms with Gasteiger partial charge in [-0.2, -0.15) is 5.10 Å². The Morgan fingerprint density at radius 1 is 1.21 bits per heavy atom. The van der Waals surface area contributed by atoms with Crippen LogP contribution >= 0.6 is 11.6 Å². The van der Waals surface area contributed by atoms with Crippen LogP contribution in [0.2, 0.25) is 5.02 Å². The first-order valence-corrected chi connectivity index (χ1v) is 9.13. The summed E-state index contributed by atoms with van der Waals surface area (Å²) in [6, 6.07) is 9.81. The number of carbonyl (C=O) groups excluding carboxylic acids is 1. The van der Waals surface area contributed by atoms with E-state index in [1.807, 2.05) is 11.6 Å². The summed E-state index contributed by atoms with van der Waals surface area (Å²) in [6.07, 6.45) is 1.73. The van der Waals surface area contributed by atoms with Crippen molar-refractivity contribution in [3.8, 4) is 11.1 Å². The molecule has 2 aromatic carbocycles. The topological polar surface area (TPSA) is 50.2 Å². The first-order valence-electron chi connectivity index (χ1n) is 8.75. The lowest BCUT2D eigenvalue weighted by Gasteiger charge is -2.34. The fourth-order valence-electron chi connectivity index (χ4n) is 3.31. The first-order chi connectivity index (χ1) is 13.4. The molecule has 1 aromatic heterocycles. The van der Waals surface area contributed by atoms with Crippen LogP contribution in [-0.2, 0) is 13.1 Å². The zero-order chi connectivity index (χ0) is 19.8. The highest BCUT2D eigenvalue weighted by Gasteiger charge is 2.29. The van der Waals surface area contributed by atoms with Gasteiger partial charge >= 0.3 is 6.03 Å². The summed E-state index contributed by atoms with van der Waals surface area (Å²) in [6.45, 7) is 2.81. The molecule has 28 heavy (non-hydrogen) atoms. The van der Waals surface area contributed by atoms with Gasteiger partial charge in [-0.3, -0.25) is 4.68 Å². The molecule has 0 bridgehead atoms. The van der Waals surface area contributed by atoms with Gasteiger partial charge in [-0.25, -0.2) is 13.6 Å². The molecule has 1 unspecified atom stereocenters. The third-order valence-electron chi connectivity index (χ3n) is 4.82. The van der Waals surface area contributed by atoms with Crippen molar-refractivity contribution in [2.45, 2.75) is 26.1 Å². The summed E-state index contributed by atoms with van der Waals surface area (Å²) in [4.78, 5) is 14.5. The lowest BCUT2D eigenvalue weighted by molar-refractivity contribution is 0.162. The number of rotatable bonds is 2. The van der Waals surface area contributed by atoms with E-state index in [0.717, 1.165) is 16.8 Å². The third kappa shape index (κ3) is 3.45. The Kier molecular flexibility index (Phi) is 4.77. The molecular weight excluding hydrogens is 386 g/mol. The van der Waals surface area contributed by atoms with Crippen molar-refractivity contribution in [3.05, 3.63) is 71.0 Å². The van der Waals surface area contributed by atoms with Gasteiger partial charge in [0.05, 0.1) is 36.0 Å². The Bertz CT molecular complexity index is 1040. The molecule has 2 heterocycles. The zero-order valence-corrected chi connectivity index (χ0v) is 15.8. The fourth-order valence-corrected chi connectivity index (χ4v) is 3.49. The predicted octanol–water partition coefficient (Wildman–Crippen LogP) is 4.92. The number of benzene rings is 2. The Labute approximate surface area is 165 Å². The highest BCUT2D eigenvalue weighted by atomic mass is 35.5. The van der Waals surface area contributed by atoms with Crippen molar-refractivity contribution in [2.75, 3.05) is 5.32 Å². The average molecular weight is 403 g/mol. The molecule has 0 radical (unpaired) electrons. The number of aromatic nitrogens is 2. The van der Waals surface area contributed by atoms with E-state index in [-0.39, 0.29) is 22.9 Å². The molecule has 4 rings (SSSR count). The summed E-state index contributed by atoms with van der Waals surface area (Å²) < 4.78 is 28.4. The van der Waals surface area contributed by atoms with Crippen molar-refractivity contribution in [2.24, 2.45) is 0 Å². The minimum atomic E-state index is -0.543. The molecule has 1 atom stereocenters. The largest absolute Gasteiger partial charge is 0.322 e. The van der Waals surface area contributed by atoms with E-state index < -0.39 is 5.82 Å². The van der Waals surface area contributed by atoms with E-state index in [1.54, 1.807) is 23.2 Å². The van der Waals surface area contributed by atoms with Crippen molar-refractivity contribution < 1.29 is 13.6 Å². The second kappa shape index (κ2) is 7.24. The molecule has 2 amide bonds. The Morgan fingerprint density at radius 2 is 1.96 bits per heavy atom. The molecule has 8 heteroatoms. The standard InChI is InChI=1S/C20H17ClF2N4O/c1-12-10-27-19(16(9-24-27)13-2-4-14(22)5-3-13)11-26(12)20(28)25-15-6-7-18(23)17(21)8-15/h2-9,12H,10-11H2,1H3,(H,25,28). The van der Waals surface area contributed by atoms with Crippen molar-refractivity contribution in [1.82, 2.24) is 14.7 Å². The number of halogens is 3. The van der Waals surface area contributed by atoms with Gasteiger partial charge in [-0.15, -0.1) is 0 Å². The van der Waals surface area contributed by atoms with Crippen LogP contribution in [0.25, 0.3) is 11.1 Å². The van der Waals surface area contributed by atoms with Crippen LogP contribution in [0.15, 0.2) is 48.7 Å². The van der Waals surface area contributed by atoms with Gasteiger partial charge in [-0.05, 0) is 42.8 Å². The van der Waals surface area contributed by atoms with Crippen LogP contribution in [0, 0.1) is 11.6 Å². The number of hydrogen-bond donors (Lipinski definition) is 1. The molecule has 0 fully saturated rings. The minimum Gasteiger partial charge on any atom is -0.314 e. The fraction of sp³-hybridized carbons (Fsp3) is 0.200. The number of nitrogens with zero attached hydrogens (tertiary/aromatic N) is 3. The number of carbonyl (C=O) groups is 1. The van der Waals surface area contributed by atoms with Gasteiger partial charge in [0.25, 0.3) is 0 Å². The number of nitrogens with one attached hydrogen (secondary N) is 1.